The van der Waals surface area contributed by atoms with Gasteiger partial charge in [0.1, 0.15) is 0 Å². The molecule has 5 rings (SSSR count). The highest BCUT2D eigenvalue weighted by molar-refractivity contribution is 5.84. The Labute approximate surface area is 231 Å². The maximum absolute atomic E-state index is 13.3. The van der Waals surface area contributed by atoms with Crippen LogP contribution in [-0.2, 0) is 12.0 Å². The monoisotopic (exact) mass is 524 g/mol. The van der Waals surface area contributed by atoms with Gasteiger partial charge in [0.25, 0.3) is 5.56 Å². The van der Waals surface area contributed by atoms with Gasteiger partial charge in [0.2, 0.25) is 0 Å². The summed E-state index contributed by atoms with van der Waals surface area (Å²) in [5.41, 5.74) is 4.79. The molecule has 4 aromatic rings. The van der Waals surface area contributed by atoms with Crippen LogP contribution in [0.1, 0.15) is 40.3 Å². The molecule has 3 heterocycles. The van der Waals surface area contributed by atoms with Gasteiger partial charge in [-0.1, -0.05) is 32.9 Å². The predicted molar refractivity (Wildman–Crippen MR) is 163 cm³/mol. The molecule has 1 N–H and O–H groups in total. The average Bonchev–Trinajstić information content (AvgIpc) is 3.19. The van der Waals surface area contributed by atoms with E-state index >= 15 is 0 Å². The third-order valence-corrected chi connectivity index (χ3v) is 7.52. The number of nitrogens with one attached hydrogen (secondary N) is 1. The Morgan fingerprint density at radius 1 is 0.974 bits per heavy atom. The van der Waals surface area contributed by atoms with Crippen molar-refractivity contribution < 1.29 is 0 Å². The lowest BCUT2D eigenvalue weighted by molar-refractivity contribution is 0.209. The Hall–Kier alpha value is -3.84. The van der Waals surface area contributed by atoms with E-state index in [0.717, 1.165) is 54.6 Å². The van der Waals surface area contributed by atoms with Gasteiger partial charge in [0.15, 0.2) is 5.82 Å². The van der Waals surface area contributed by atoms with E-state index in [9.17, 15) is 4.79 Å². The minimum absolute atomic E-state index is 0.0543. The molecular formula is C32H40N6O. The highest BCUT2D eigenvalue weighted by Crippen LogP contribution is 2.27. The van der Waals surface area contributed by atoms with Crippen LogP contribution in [0.4, 0.5) is 17.1 Å². The second-order valence-electron chi connectivity index (χ2n) is 11.6. The van der Waals surface area contributed by atoms with Crippen LogP contribution in [0.5, 0.6) is 0 Å². The maximum Gasteiger partial charge on any atom is 0.275 e. The van der Waals surface area contributed by atoms with E-state index < -0.39 is 0 Å². The summed E-state index contributed by atoms with van der Waals surface area (Å²) in [5, 5.41) is 4.19. The Bertz CT molecular complexity index is 1520. The van der Waals surface area contributed by atoms with Gasteiger partial charge in [-0.05, 0) is 68.4 Å². The van der Waals surface area contributed by atoms with Gasteiger partial charge < -0.3 is 10.2 Å². The van der Waals surface area contributed by atoms with Crippen LogP contribution in [-0.4, -0.2) is 51.5 Å². The molecule has 1 saturated heterocycles. The topological polar surface area (TPSA) is 58.3 Å². The first-order chi connectivity index (χ1) is 18.7. The summed E-state index contributed by atoms with van der Waals surface area (Å²) in [7, 11) is 0. The van der Waals surface area contributed by atoms with E-state index in [0.29, 0.717) is 18.0 Å². The molecule has 1 aliphatic rings. The number of hydrogen-bond acceptors (Lipinski definition) is 5. The van der Waals surface area contributed by atoms with Gasteiger partial charge in [0, 0.05) is 60.4 Å². The number of aromatic nitrogens is 3. The molecule has 0 amide bonds. The van der Waals surface area contributed by atoms with Crippen LogP contribution in [0.2, 0.25) is 0 Å². The van der Waals surface area contributed by atoms with Crippen molar-refractivity contribution in [2.45, 2.75) is 52.6 Å². The summed E-state index contributed by atoms with van der Waals surface area (Å²) in [6.45, 7) is 19.5. The summed E-state index contributed by atoms with van der Waals surface area (Å²) >= 11 is 0. The lowest BCUT2D eigenvalue weighted by Crippen LogP contribution is -2.48. The zero-order valence-corrected chi connectivity index (χ0v) is 23.8. The zero-order valence-electron chi connectivity index (χ0n) is 23.8. The van der Waals surface area contributed by atoms with E-state index in [1.54, 1.807) is 10.8 Å². The van der Waals surface area contributed by atoms with Crippen molar-refractivity contribution in [1.29, 1.82) is 0 Å². The summed E-state index contributed by atoms with van der Waals surface area (Å²) in [6, 6.07) is 21.1. The highest BCUT2D eigenvalue weighted by atomic mass is 16.1. The van der Waals surface area contributed by atoms with Crippen molar-refractivity contribution in [1.82, 2.24) is 19.2 Å². The minimum atomic E-state index is -0.108. The molecule has 7 nitrogen and oxygen atoms in total. The van der Waals surface area contributed by atoms with E-state index in [2.05, 4.69) is 80.6 Å². The van der Waals surface area contributed by atoms with Crippen LogP contribution in [0.15, 0.2) is 78.1 Å². The number of anilines is 3. The first kappa shape index (κ1) is 26.8. The van der Waals surface area contributed by atoms with E-state index in [1.807, 2.05) is 41.1 Å². The Kier molecular flexibility index (Phi) is 7.36. The number of fused-ring (bicyclic) bond motifs is 1. The quantitative estimate of drug-likeness (QED) is 0.303. The number of pyridine rings is 1. The lowest BCUT2D eigenvalue weighted by Gasteiger charge is -2.38. The molecule has 0 bridgehead atoms. The SMILES string of the molecule is C=CCn1c(=O)c2ccc(Nc3ccc(N4CCN(C(C)C)CC4)cc3)cc2n1-c1cccc(C(C)(C)C)n1. The largest absolute Gasteiger partial charge is 0.369 e. The lowest BCUT2D eigenvalue weighted by atomic mass is 9.92. The van der Waals surface area contributed by atoms with Crippen LogP contribution >= 0.6 is 0 Å². The first-order valence-electron chi connectivity index (χ1n) is 13.9. The Morgan fingerprint density at radius 3 is 2.31 bits per heavy atom. The van der Waals surface area contributed by atoms with Gasteiger partial charge in [-0.25, -0.2) is 14.3 Å². The fourth-order valence-electron chi connectivity index (χ4n) is 5.24. The second-order valence-corrected chi connectivity index (χ2v) is 11.6. The zero-order chi connectivity index (χ0) is 27.7. The van der Waals surface area contributed by atoms with Crippen molar-refractivity contribution in [2.24, 2.45) is 0 Å². The molecule has 204 valence electrons. The summed E-state index contributed by atoms with van der Waals surface area (Å²) in [4.78, 5) is 23.3. The standard InChI is InChI=1S/C32H40N6O/c1-7-17-37-31(39)27-16-13-25(22-28(27)38(37)30-10-8-9-29(34-30)32(4,5)6)33-24-11-14-26(15-12-24)36-20-18-35(19-21-36)23(2)3/h7-16,22-23,33H,1,17-21H2,2-6H3. The Balaban J connectivity index is 1.44. The number of nitrogens with zero attached hydrogens (tertiary/aromatic N) is 5. The van der Waals surface area contributed by atoms with Crippen molar-refractivity contribution in [3.63, 3.8) is 0 Å². The van der Waals surface area contributed by atoms with Crippen molar-refractivity contribution in [3.05, 3.63) is 89.4 Å². The number of piperazine rings is 1. The normalized spacial score (nSPS) is 14.8. The molecule has 0 radical (unpaired) electrons. The van der Waals surface area contributed by atoms with E-state index in [4.69, 9.17) is 4.98 Å². The third kappa shape index (κ3) is 5.50. The van der Waals surface area contributed by atoms with Gasteiger partial charge in [-0.15, -0.1) is 6.58 Å². The van der Waals surface area contributed by atoms with Crippen LogP contribution in [0.25, 0.3) is 16.7 Å². The molecule has 0 atom stereocenters. The average molecular weight is 525 g/mol. The number of benzene rings is 2. The molecule has 39 heavy (non-hydrogen) atoms. The van der Waals surface area contributed by atoms with E-state index in [1.165, 1.54) is 5.69 Å². The fraction of sp³-hybridized carbons (Fsp3) is 0.375. The smallest absolute Gasteiger partial charge is 0.275 e. The Morgan fingerprint density at radius 2 is 1.67 bits per heavy atom. The van der Waals surface area contributed by atoms with Gasteiger partial charge >= 0.3 is 0 Å². The number of rotatable bonds is 7. The fourth-order valence-corrected chi connectivity index (χ4v) is 5.24. The molecule has 0 spiro atoms. The summed E-state index contributed by atoms with van der Waals surface area (Å²) < 4.78 is 3.61. The van der Waals surface area contributed by atoms with Gasteiger partial charge in [-0.3, -0.25) is 9.69 Å². The van der Waals surface area contributed by atoms with Crippen LogP contribution < -0.4 is 15.8 Å². The van der Waals surface area contributed by atoms with Crippen LogP contribution in [0, 0.1) is 0 Å². The molecule has 0 aliphatic carbocycles. The van der Waals surface area contributed by atoms with Gasteiger partial charge in [0.05, 0.1) is 17.4 Å². The molecule has 2 aromatic carbocycles. The second kappa shape index (κ2) is 10.7. The molecule has 2 aromatic heterocycles. The molecule has 1 fully saturated rings. The van der Waals surface area contributed by atoms with Crippen LogP contribution in [0.3, 0.4) is 0 Å². The van der Waals surface area contributed by atoms with Crippen molar-refractivity contribution in [2.75, 3.05) is 36.4 Å². The molecule has 1 aliphatic heterocycles. The summed E-state index contributed by atoms with van der Waals surface area (Å²) in [6.07, 6.45) is 1.74. The predicted octanol–water partition coefficient (Wildman–Crippen LogP) is 5.94. The third-order valence-electron chi connectivity index (χ3n) is 7.52. The molecule has 7 heteroatoms. The number of hydrogen-bond donors (Lipinski definition) is 1. The van der Waals surface area contributed by atoms with Crippen molar-refractivity contribution in [3.8, 4) is 5.82 Å². The molecule has 0 unspecified atom stereocenters. The summed E-state index contributed by atoms with van der Waals surface area (Å²) in [5.74, 6) is 0.718. The number of allylic oxidation sites excluding steroid dienone is 1. The first-order valence-corrected chi connectivity index (χ1v) is 13.9. The minimum Gasteiger partial charge on any atom is -0.369 e. The van der Waals surface area contributed by atoms with E-state index in [-0.39, 0.29) is 11.0 Å². The molecular weight excluding hydrogens is 484 g/mol. The molecule has 0 saturated carbocycles. The van der Waals surface area contributed by atoms with Crippen molar-refractivity contribution >= 4 is 28.0 Å². The van der Waals surface area contributed by atoms with Gasteiger partial charge in [-0.2, -0.15) is 0 Å². The highest BCUT2D eigenvalue weighted by Gasteiger charge is 2.21. The maximum atomic E-state index is 13.3.